The fraction of sp³-hybridized carbons (Fsp3) is 0.312. The van der Waals surface area contributed by atoms with E-state index in [4.69, 9.17) is 0 Å². The van der Waals surface area contributed by atoms with Crippen LogP contribution < -0.4 is 5.32 Å². The lowest BCUT2D eigenvalue weighted by Crippen LogP contribution is -2.30. The first-order chi connectivity index (χ1) is 9.25. The van der Waals surface area contributed by atoms with Gasteiger partial charge in [0.05, 0.1) is 4.88 Å². The van der Waals surface area contributed by atoms with Crippen LogP contribution >= 0.6 is 11.3 Å². The van der Waals surface area contributed by atoms with Crippen LogP contribution in [-0.4, -0.2) is 18.4 Å². The Kier molecular flexibility index (Phi) is 5.31. The quantitative estimate of drug-likeness (QED) is 0.782. The van der Waals surface area contributed by atoms with Crippen molar-refractivity contribution in [3.8, 4) is 0 Å². The average Bonchev–Trinajstić information content (AvgIpc) is 2.93. The summed E-state index contributed by atoms with van der Waals surface area (Å²) in [4.78, 5) is 12.7. The minimum absolute atomic E-state index is 0.231. The minimum atomic E-state index is 0.231. The van der Waals surface area contributed by atoms with Crippen LogP contribution in [0.5, 0.6) is 0 Å². The van der Waals surface area contributed by atoms with Crippen LogP contribution in [0.4, 0.5) is 0 Å². The van der Waals surface area contributed by atoms with E-state index in [0.717, 1.165) is 17.8 Å². The molecule has 0 fully saturated rings. The Balaban J connectivity index is 1.69. The standard InChI is InChI=1S/C16H19NOS/c1-13(12-14-6-3-2-4-7-14)17-10-9-15(18)16-8-5-11-19-16/h2-8,11,13,17H,9-10,12H2,1H3. The molecular weight excluding hydrogens is 254 g/mol. The van der Waals surface area contributed by atoms with Crippen molar-refractivity contribution >= 4 is 17.1 Å². The molecule has 2 nitrogen and oxygen atoms in total. The van der Waals surface area contributed by atoms with Gasteiger partial charge in [-0.05, 0) is 30.4 Å². The highest BCUT2D eigenvalue weighted by molar-refractivity contribution is 7.12. The van der Waals surface area contributed by atoms with Gasteiger partial charge in [0.2, 0.25) is 0 Å². The molecule has 0 aliphatic carbocycles. The maximum atomic E-state index is 11.8. The van der Waals surface area contributed by atoms with Crippen molar-refractivity contribution in [2.45, 2.75) is 25.8 Å². The molecule has 1 aromatic carbocycles. The van der Waals surface area contributed by atoms with Gasteiger partial charge in [0.1, 0.15) is 0 Å². The van der Waals surface area contributed by atoms with Gasteiger partial charge in [0.15, 0.2) is 5.78 Å². The molecule has 3 heteroatoms. The van der Waals surface area contributed by atoms with Gasteiger partial charge in [0.25, 0.3) is 0 Å². The van der Waals surface area contributed by atoms with Gasteiger partial charge in [-0.3, -0.25) is 4.79 Å². The molecule has 2 aromatic rings. The number of ketones is 1. The van der Waals surface area contributed by atoms with Gasteiger partial charge in [-0.25, -0.2) is 0 Å². The Hall–Kier alpha value is -1.45. The lowest BCUT2D eigenvalue weighted by atomic mass is 10.1. The van der Waals surface area contributed by atoms with Crippen molar-refractivity contribution < 1.29 is 4.79 Å². The largest absolute Gasteiger partial charge is 0.313 e. The highest BCUT2D eigenvalue weighted by atomic mass is 32.1. The van der Waals surface area contributed by atoms with Crippen LogP contribution in [0, 0.1) is 0 Å². The maximum Gasteiger partial charge on any atom is 0.174 e. The average molecular weight is 273 g/mol. The second-order valence-corrected chi connectivity index (χ2v) is 5.64. The molecule has 1 aromatic heterocycles. The van der Waals surface area contributed by atoms with Crippen LogP contribution in [0.2, 0.25) is 0 Å². The molecule has 100 valence electrons. The molecule has 2 rings (SSSR count). The molecule has 1 unspecified atom stereocenters. The van der Waals surface area contributed by atoms with Crippen molar-refractivity contribution in [1.29, 1.82) is 0 Å². The van der Waals surface area contributed by atoms with Crippen LogP contribution in [0.25, 0.3) is 0 Å². The Morgan fingerprint density at radius 2 is 2.00 bits per heavy atom. The zero-order valence-electron chi connectivity index (χ0n) is 11.1. The van der Waals surface area contributed by atoms with Crippen LogP contribution in [0.3, 0.4) is 0 Å². The van der Waals surface area contributed by atoms with Crippen molar-refractivity contribution in [3.63, 3.8) is 0 Å². The fourth-order valence-electron chi connectivity index (χ4n) is 2.03. The molecule has 0 saturated heterocycles. The molecule has 1 atom stereocenters. The summed E-state index contributed by atoms with van der Waals surface area (Å²) in [7, 11) is 0. The summed E-state index contributed by atoms with van der Waals surface area (Å²) >= 11 is 1.52. The summed E-state index contributed by atoms with van der Waals surface area (Å²) in [6, 6.07) is 14.6. The second kappa shape index (κ2) is 7.22. The highest BCUT2D eigenvalue weighted by Gasteiger charge is 2.07. The van der Waals surface area contributed by atoms with E-state index in [1.54, 1.807) is 0 Å². The summed E-state index contributed by atoms with van der Waals surface area (Å²) in [5, 5.41) is 5.35. The number of carbonyl (C=O) groups excluding carboxylic acids is 1. The van der Waals surface area contributed by atoms with Gasteiger partial charge >= 0.3 is 0 Å². The van der Waals surface area contributed by atoms with Crippen molar-refractivity contribution in [2.24, 2.45) is 0 Å². The molecule has 0 saturated carbocycles. The molecular formula is C16H19NOS. The molecule has 1 heterocycles. The third kappa shape index (κ3) is 4.62. The number of rotatable bonds is 7. The van der Waals surface area contributed by atoms with E-state index >= 15 is 0 Å². The molecule has 19 heavy (non-hydrogen) atoms. The third-order valence-electron chi connectivity index (χ3n) is 3.03. The van der Waals surface area contributed by atoms with E-state index in [-0.39, 0.29) is 5.78 Å². The molecule has 0 amide bonds. The topological polar surface area (TPSA) is 29.1 Å². The van der Waals surface area contributed by atoms with E-state index in [2.05, 4.69) is 36.5 Å². The van der Waals surface area contributed by atoms with Crippen LogP contribution in [0.1, 0.15) is 28.6 Å². The number of Topliss-reactive ketones (excluding diaryl/α,β-unsaturated/α-hetero) is 1. The Bertz CT molecular complexity index is 493. The fourth-order valence-corrected chi connectivity index (χ4v) is 2.73. The van der Waals surface area contributed by atoms with E-state index in [1.165, 1.54) is 16.9 Å². The number of nitrogens with one attached hydrogen (secondary N) is 1. The summed E-state index contributed by atoms with van der Waals surface area (Å²) < 4.78 is 0. The normalized spacial score (nSPS) is 12.3. The van der Waals surface area contributed by atoms with Crippen LogP contribution in [0.15, 0.2) is 47.8 Å². The molecule has 0 bridgehead atoms. The first-order valence-electron chi connectivity index (χ1n) is 6.59. The number of hydrogen-bond donors (Lipinski definition) is 1. The second-order valence-electron chi connectivity index (χ2n) is 4.70. The van der Waals surface area contributed by atoms with Gasteiger partial charge < -0.3 is 5.32 Å². The molecule has 0 radical (unpaired) electrons. The predicted molar refractivity (Wildman–Crippen MR) is 80.9 cm³/mol. The predicted octanol–water partition coefficient (Wildman–Crippen LogP) is 3.54. The minimum Gasteiger partial charge on any atom is -0.313 e. The van der Waals surface area contributed by atoms with Gasteiger partial charge in [-0.1, -0.05) is 36.4 Å². The number of carbonyl (C=O) groups is 1. The van der Waals surface area contributed by atoms with Gasteiger partial charge in [-0.2, -0.15) is 0 Å². The van der Waals surface area contributed by atoms with E-state index in [9.17, 15) is 4.79 Å². The van der Waals surface area contributed by atoms with Crippen LogP contribution in [-0.2, 0) is 6.42 Å². The maximum absolute atomic E-state index is 11.8. The molecule has 0 spiro atoms. The lowest BCUT2D eigenvalue weighted by molar-refractivity contribution is 0.0986. The van der Waals surface area contributed by atoms with Crippen molar-refractivity contribution in [2.75, 3.05) is 6.54 Å². The van der Waals surface area contributed by atoms with Crippen molar-refractivity contribution in [3.05, 3.63) is 58.3 Å². The summed E-state index contributed by atoms with van der Waals surface area (Å²) in [6.07, 6.45) is 1.56. The summed E-state index contributed by atoms with van der Waals surface area (Å²) in [5.41, 5.74) is 1.33. The van der Waals surface area contributed by atoms with Gasteiger partial charge in [-0.15, -0.1) is 11.3 Å². The first-order valence-corrected chi connectivity index (χ1v) is 7.47. The molecule has 0 aliphatic rings. The highest BCUT2D eigenvalue weighted by Crippen LogP contribution is 2.10. The number of benzene rings is 1. The Labute approximate surface area is 118 Å². The third-order valence-corrected chi connectivity index (χ3v) is 3.94. The Morgan fingerprint density at radius 1 is 1.21 bits per heavy atom. The summed E-state index contributed by atoms with van der Waals surface area (Å²) in [6.45, 7) is 2.90. The zero-order valence-corrected chi connectivity index (χ0v) is 12.0. The number of thiophene rings is 1. The van der Waals surface area contributed by atoms with E-state index in [0.29, 0.717) is 12.5 Å². The SMILES string of the molecule is CC(Cc1ccccc1)NCCC(=O)c1cccs1. The molecule has 0 aliphatic heterocycles. The van der Waals surface area contributed by atoms with Gasteiger partial charge in [0, 0.05) is 19.0 Å². The van der Waals surface area contributed by atoms with E-state index in [1.807, 2.05) is 23.6 Å². The first kappa shape index (κ1) is 14.0. The Morgan fingerprint density at radius 3 is 2.68 bits per heavy atom. The molecule has 1 N–H and O–H groups in total. The van der Waals surface area contributed by atoms with Crippen molar-refractivity contribution in [1.82, 2.24) is 5.32 Å². The monoisotopic (exact) mass is 273 g/mol. The lowest BCUT2D eigenvalue weighted by Gasteiger charge is -2.13. The summed E-state index contributed by atoms with van der Waals surface area (Å²) in [5.74, 6) is 0.231. The van der Waals surface area contributed by atoms with E-state index < -0.39 is 0 Å². The number of hydrogen-bond acceptors (Lipinski definition) is 3. The smallest absolute Gasteiger partial charge is 0.174 e. The zero-order chi connectivity index (χ0) is 13.5.